The normalized spacial score (nSPS) is 16.5. The van der Waals surface area contributed by atoms with Crippen molar-refractivity contribution < 1.29 is 23.1 Å². The lowest BCUT2D eigenvalue weighted by Crippen LogP contribution is -2.44. The maximum absolute atomic E-state index is 12.6. The number of halogens is 3. The number of benzene rings is 1. The van der Waals surface area contributed by atoms with E-state index in [0.29, 0.717) is 12.0 Å². The fourth-order valence-electron chi connectivity index (χ4n) is 1.81. The molecule has 0 radical (unpaired) electrons. The topological polar surface area (TPSA) is 63.3 Å². The van der Waals surface area contributed by atoms with Gasteiger partial charge in [-0.15, -0.1) is 0 Å². The van der Waals surface area contributed by atoms with E-state index in [-0.39, 0.29) is 12.3 Å². The van der Waals surface area contributed by atoms with Gasteiger partial charge in [-0.3, -0.25) is 4.79 Å². The highest BCUT2D eigenvalue weighted by Gasteiger charge is 2.31. The van der Waals surface area contributed by atoms with Crippen LogP contribution in [0.15, 0.2) is 24.3 Å². The zero-order valence-corrected chi connectivity index (χ0v) is 11.4. The highest BCUT2D eigenvalue weighted by Crippen LogP contribution is 2.32. The standard InChI is InChI=1S/C14H18F3NO2/c1-9(6-7-13(2,18)12(19)20)10-4-3-5-11(8-10)14(15,16)17/h3-5,8-9H,6-7,18H2,1-2H3,(H,19,20). The van der Waals surface area contributed by atoms with Gasteiger partial charge in [-0.05, 0) is 37.3 Å². The van der Waals surface area contributed by atoms with Crippen LogP contribution in [0.1, 0.15) is 43.7 Å². The monoisotopic (exact) mass is 289 g/mol. The molecule has 0 aromatic heterocycles. The number of alkyl halides is 3. The highest BCUT2D eigenvalue weighted by molar-refractivity contribution is 5.77. The molecule has 0 saturated heterocycles. The van der Waals surface area contributed by atoms with Crippen LogP contribution in [0.5, 0.6) is 0 Å². The van der Waals surface area contributed by atoms with Crippen LogP contribution in [0, 0.1) is 0 Å². The number of carbonyl (C=O) groups is 1. The zero-order valence-electron chi connectivity index (χ0n) is 11.4. The number of hydrogen-bond donors (Lipinski definition) is 2. The molecular formula is C14H18F3NO2. The van der Waals surface area contributed by atoms with Crippen molar-refractivity contribution in [3.8, 4) is 0 Å². The molecule has 1 rings (SSSR count). The van der Waals surface area contributed by atoms with E-state index in [4.69, 9.17) is 10.8 Å². The van der Waals surface area contributed by atoms with E-state index in [1.807, 2.05) is 0 Å². The molecule has 112 valence electrons. The molecule has 0 aliphatic carbocycles. The Kier molecular flexibility index (Phi) is 4.81. The summed E-state index contributed by atoms with van der Waals surface area (Å²) in [7, 11) is 0. The molecule has 3 N–H and O–H groups in total. The van der Waals surface area contributed by atoms with Gasteiger partial charge in [-0.2, -0.15) is 13.2 Å². The lowest BCUT2D eigenvalue weighted by atomic mass is 9.88. The maximum Gasteiger partial charge on any atom is 0.416 e. The molecule has 0 heterocycles. The van der Waals surface area contributed by atoms with Crippen molar-refractivity contribution in [1.29, 1.82) is 0 Å². The van der Waals surface area contributed by atoms with Gasteiger partial charge in [0.2, 0.25) is 0 Å². The van der Waals surface area contributed by atoms with Gasteiger partial charge >= 0.3 is 12.1 Å². The third-order valence-electron chi connectivity index (χ3n) is 3.37. The fraction of sp³-hybridized carbons (Fsp3) is 0.500. The van der Waals surface area contributed by atoms with E-state index in [1.54, 1.807) is 13.0 Å². The Balaban J connectivity index is 2.79. The van der Waals surface area contributed by atoms with Crippen molar-refractivity contribution in [3.63, 3.8) is 0 Å². The lowest BCUT2D eigenvalue weighted by Gasteiger charge is -2.22. The number of hydrogen-bond acceptors (Lipinski definition) is 2. The summed E-state index contributed by atoms with van der Waals surface area (Å²) in [5, 5.41) is 8.90. The van der Waals surface area contributed by atoms with Gasteiger partial charge in [-0.25, -0.2) is 0 Å². The van der Waals surface area contributed by atoms with Crippen LogP contribution in [-0.4, -0.2) is 16.6 Å². The minimum absolute atomic E-state index is 0.194. The minimum atomic E-state index is -4.38. The van der Waals surface area contributed by atoms with E-state index < -0.39 is 23.2 Å². The second-order valence-electron chi connectivity index (χ2n) is 5.29. The molecule has 0 spiro atoms. The summed E-state index contributed by atoms with van der Waals surface area (Å²) in [6.45, 7) is 3.15. The summed E-state index contributed by atoms with van der Waals surface area (Å²) in [5.74, 6) is -1.31. The van der Waals surface area contributed by atoms with Crippen molar-refractivity contribution in [3.05, 3.63) is 35.4 Å². The Morgan fingerprint density at radius 1 is 1.40 bits per heavy atom. The Hall–Kier alpha value is -1.56. The molecule has 20 heavy (non-hydrogen) atoms. The quantitative estimate of drug-likeness (QED) is 0.873. The summed E-state index contributed by atoms with van der Waals surface area (Å²) < 4.78 is 37.8. The van der Waals surface area contributed by atoms with Crippen LogP contribution in [0.4, 0.5) is 13.2 Å². The predicted molar refractivity (Wildman–Crippen MR) is 69.3 cm³/mol. The van der Waals surface area contributed by atoms with Gasteiger partial charge in [0.25, 0.3) is 0 Å². The third kappa shape index (κ3) is 4.23. The number of carboxylic acids is 1. The van der Waals surface area contributed by atoms with Crippen molar-refractivity contribution in [1.82, 2.24) is 0 Å². The summed E-state index contributed by atoms with van der Waals surface area (Å²) in [4.78, 5) is 10.9. The van der Waals surface area contributed by atoms with E-state index in [0.717, 1.165) is 12.1 Å². The molecule has 0 bridgehead atoms. The Morgan fingerprint density at radius 2 is 2.00 bits per heavy atom. The summed E-state index contributed by atoms with van der Waals surface area (Å²) in [5.41, 5.74) is 4.07. The smallest absolute Gasteiger partial charge is 0.416 e. The Bertz CT molecular complexity index is 484. The molecule has 0 aliphatic heterocycles. The van der Waals surface area contributed by atoms with Crippen molar-refractivity contribution in [2.45, 2.75) is 44.3 Å². The van der Waals surface area contributed by atoms with Crippen LogP contribution in [0.3, 0.4) is 0 Å². The molecule has 1 aromatic carbocycles. The van der Waals surface area contributed by atoms with Gasteiger partial charge in [0, 0.05) is 0 Å². The van der Waals surface area contributed by atoms with E-state index in [9.17, 15) is 18.0 Å². The van der Waals surface area contributed by atoms with Gasteiger partial charge in [-0.1, -0.05) is 25.1 Å². The molecule has 1 aromatic rings. The third-order valence-corrected chi connectivity index (χ3v) is 3.37. The first-order chi connectivity index (χ1) is 9.04. The maximum atomic E-state index is 12.6. The van der Waals surface area contributed by atoms with Gasteiger partial charge in [0.1, 0.15) is 5.54 Å². The van der Waals surface area contributed by atoms with E-state index >= 15 is 0 Å². The van der Waals surface area contributed by atoms with E-state index in [1.165, 1.54) is 13.0 Å². The first-order valence-electron chi connectivity index (χ1n) is 6.23. The molecule has 0 amide bonds. The molecule has 0 aliphatic rings. The average molecular weight is 289 g/mol. The van der Waals surface area contributed by atoms with Crippen LogP contribution in [0.2, 0.25) is 0 Å². The minimum Gasteiger partial charge on any atom is -0.480 e. The van der Waals surface area contributed by atoms with Gasteiger partial charge in [0.05, 0.1) is 5.56 Å². The second-order valence-corrected chi connectivity index (χ2v) is 5.29. The molecule has 6 heteroatoms. The van der Waals surface area contributed by atoms with Gasteiger partial charge in [0.15, 0.2) is 0 Å². The number of aliphatic carboxylic acids is 1. The number of nitrogens with two attached hydrogens (primary N) is 1. The average Bonchev–Trinajstić information content (AvgIpc) is 2.35. The molecular weight excluding hydrogens is 271 g/mol. The molecule has 3 nitrogen and oxygen atoms in total. The lowest BCUT2D eigenvalue weighted by molar-refractivity contribution is -0.143. The highest BCUT2D eigenvalue weighted by atomic mass is 19.4. The van der Waals surface area contributed by atoms with Gasteiger partial charge < -0.3 is 10.8 Å². The second kappa shape index (κ2) is 5.83. The Labute approximate surface area is 115 Å². The fourth-order valence-corrected chi connectivity index (χ4v) is 1.81. The predicted octanol–water partition coefficient (Wildman–Crippen LogP) is 3.39. The molecule has 2 unspecified atom stereocenters. The first-order valence-corrected chi connectivity index (χ1v) is 6.23. The van der Waals surface area contributed by atoms with Crippen molar-refractivity contribution in [2.75, 3.05) is 0 Å². The Morgan fingerprint density at radius 3 is 2.50 bits per heavy atom. The van der Waals surface area contributed by atoms with E-state index in [2.05, 4.69) is 0 Å². The van der Waals surface area contributed by atoms with Crippen LogP contribution in [0.25, 0.3) is 0 Å². The first kappa shape index (κ1) is 16.5. The van der Waals surface area contributed by atoms with Crippen LogP contribution in [-0.2, 0) is 11.0 Å². The zero-order chi connectivity index (χ0) is 15.6. The largest absolute Gasteiger partial charge is 0.480 e. The van der Waals surface area contributed by atoms with Crippen LogP contribution < -0.4 is 5.73 Å². The molecule has 0 fully saturated rings. The van der Waals surface area contributed by atoms with Crippen LogP contribution >= 0.6 is 0 Å². The summed E-state index contributed by atoms with van der Waals surface area (Å²) in [6, 6.07) is 5.07. The molecule has 0 saturated carbocycles. The summed E-state index contributed by atoms with van der Waals surface area (Å²) in [6.07, 6.45) is -3.78. The summed E-state index contributed by atoms with van der Waals surface area (Å²) >= 11 is 0. The SMILES string of the molecule is CC(CCC(C)(N)C(=O)O)c1cccc(C(F)(F)F)c1. The number of carboxylic acid groups (broad SMARTS) is 1. The molecule has 2 atom stereocenters. The number of rotatable bonds is 5. The van der Waals surface area contributed by atoms with Crippen molar-refractivity contribution in [2.24, 2.45) is 5.73 Å². The van der Waals surface area contributed by atoms with Crippen molar-refractivity contribution >= 4 is 5.97 Å².